The van der Waals surface area contributed by atoms with Crippen LogP contribution in [0.2, 0.25) is 0 Å². The third-order valence-electron chi connectivity index (χ3n) is 3.66. The zero-order valence-electron chi connectivity index (χ0n) is 15.5. The van der Waals surface area contributed by atoms with Gasteiger partial charge >= 0.3 is 0 Å². The van der Waals surface area contributed by atoms with Crippen LogP contribution in [0, 0.1) is 11.3 Å². The molecular weight excluding hydrogens is 270 g/mol. The minimum absolute atomic E-state index is 0.0203. The van der Waals surface area contributed by atoms with E-state index in [1.165, 1.54) is 24.8 Å². The van der Waals surface area contributed by atoms with E-state index in [1.807, 2.05) is 0 Å². The average Bonchev–Trinajstić information content (AvgIpc) is 2.69. The number of hydrogen-bond donors (Lipinski definition) is 1. The molecule has 0 aliphatic rings. The lowest BCUT2D eigenvalue weighted by atomic mass is 10.1. The van der Waals surface area contributed by atoms with Gasteiger partial charge in [0.2, 0.25) is 0 Å². The third kappa shape index (κ3) is 5.09. The zero-order valence-corrected chi connectivity index (χ0v) is 15.5. The fourth-order valence-electron chi connectivity index (χ4n) is 2.79. The molecule has 0 atom stereocenters. The number of nitrogens with one attached hydrogen (secondary N) is 1. The number of nitriles is 1. The summed E-state index contributed by atoms with van der Waals surface area (Å²) < 4.78 is 2.16. The minimum atomic E-state index is -0.111. The van der Waals surface area contributed by atoms with Crippen LogP contribution >= 0.6 is 0 Å². The molecule has 0 amide bonds. The lowest BCUT2D eigenvalue weighted by molar-refractivity contribution is 0.395. The standard InChI is InChI=1S/C19H33N3/c1-8-9-10-11-12-15-13-17(21-18(2,3)4)22(16(15)14-20)19(5,6)7/h13,21H,8-12H2,1-7H3. The molecule has 0 saturated heterocycles. The van der Waals surface area contributed by atoms with E-state index in [0.717, 1.165) is 24.4 Å². The van der Waals surface area contributed by atoms with E-state index in [2.05, 4.69) is 70.5 Å². The molecule has 0 aromatic carbocycles. The van der Waals surface area contributed by atoms with Gasteiger partial charge < -0.3 is 9.88 Å². The Morgan fingerprint density at radius 2 is 1.73 bits per heavy atom. The number of aromatic nitrogens is 1. The molecule has 3 heteroatoms. The highest BCUT2D eigenvalue weighted by atomic mass is 15.2. The summed E-state index contributed by atoms with van der Waals surface area (Å²) in [6.07, 6.45) is 5.90. The first-order valence-electron chi connectivity index (χ1n) is 8.53. The maximum absolute atomic E-state index is 9.68. The molecule has 1 aromatic rings. The molecule has 1 rings (SSSR count). The van der Waals surface area contributed by atoms with Gasteiger partial charge in [0.15, 0.2) is 0 Å². The second kappa shape index (κ2) is 7.22. The van der Waals surface area contributed by atoms with E-state index < -0.39 is 0 Å². The molecule has 0 fully saturated rings. The van der Waals surface area contributed by atoms with Crippen LogP contribution in [-0.4, -0.2) is 10.1 Å². The van der Waals surface area contributed by atoms with Gasteiger partial charge in [-0.1, -0.05) is 26.2 Å². The lowest BCUT2D eigenvalue weighted by Crippen LogP contribution is -2.31. The average molecular weight is 303 g/mol. The predicted molar refractivity (Wildman–Crippen MR) is 95.4 cm³/mol. The fourth-order valence-corrected chi connectivity index (χ4v) is 2.79. The van der Waals surface area contributed by atoms with Gasteiger partial charge in [-0.3, -0.25) is 0 Å². The van der Waals surface area contributed by atoms with E-state index in [4.69, 9.17) is 0 Å². The smallest absolute Gasteiger partial charge is 0.125 e. The van der Waals surface area contributed by atoms with Crippen LogP contribution in [-0.2, 0) is 12.0 Å². The van der Waals surface area contributed by atoms with E-state index in [-0.39, 0.29) is 11.1 Å². The highest BCUT2D eigenvalue weighted by molar-refractivity contribution is 5.52. The Balaban J connectivity index is 3.16. The molecule has 0 spiro atoms. The van der Waals surface area contributed by atoms with Gasteiger partial charge in [-0.2, -0.15) is 5.26 Å². The molecule has 1 aromatic heterocycles. The monoisotopic (exact) mass is 303 g/mol. The maximum Gasteiger partial charge on any atom is 0.125 e. The zero-order chi connectivity index (χ0) is 17.0. The van der Waals surface area contributed by atoms with Crippen molar-refractivity contribution < 1.29 is 0 Å². The fraction of sp³-hybridized carbons (Fsp3) is 0.737. The van der Waals surface area contributed by atoms with Gasteiger partial charge in [0.1, 0.15) is 17.6 Å². The number of nitrogens with zero attached hydrogens (tertiary/aromatic N) is 2. The van der Waals surface area contributed by atoms with Crippen molar-refractivity contribution in [1.29, 1.82) is 5.26 Å². The molecule has 124 valence electrons. The number of rotatable bonds is 6. The topological polar surface area (TPSA) is 40.8 Å². The van der Waals surface area contributed by atoms with Crippen LogP contribution in [0.1, 0.15) is 85.4 Å². The van der Waals surface area contributed by atoms with Gasteiger partial charge in [-0.05, 0) is 66.0 Å². The van der Waals surface area contributed by atoms with Crippen LogP contribution < -0.4 is 5.32 Å². The number of hydrogen-bond acceptors (Lipinski definition) is 2. The van der Waals surface area contributed by atoms with E-state index in [0.29, 0.717) is 0 Å². The Bertz CT molecular complexity index is 519. The Morgan fingerprint density at radius 1 is 1.09 bits per heavy atom. The number of unbranched alkanes of at least 4 members (excludes halogenated alkanes) is 3. The van der Waals surface area contributed by atoms with Crippen molar-refractivity contribution in [3.8, 4) is 6.07 Å². The van der Waals surface area contributed by atoms with Crippen molar-refractivity contribution >= 4 is 5.82 Å². The Hall–Kier alpha value is -1.43. The second-order valence-corrected chi connectivity index (χ2v) is 8.21. The summed E-state index contributed by atoms with van der Waals surface area (Å²) in [5.74, 6) is 1.06. The lowest BCUT2D eigenvalue weighted by Gasteiger charge is -2.30. The van der Waals surface area contributed by atoms with Crippen molar-refractivity contribution in [2.75, 3.05) is 5.32 Å². The first-order chi connectivity index (χ1) is 10.1. The van der Waals surface area contributed by atoms with Gasteiger partial charge in [0.05, 0.1) is 0 Å². The van der Waals surface area contributed by atoms with Crippen molar-refractivity contribution in [2.45, 2.75) is 91.6 Å². The minimum Gasteiger partial charge on any atom is -0.367 e. The van der Waals surface area contributed by atoms with Crippen molar-refractivity contribution in [3.05, 3.63) is 17.3 Å². The SMILES string of the molecule is CCCCCCc1cc(NC(C)(C)C)n(C(C)(C)C)c1C#N. The van der Waals surface area contributed by atoms with Crippen molar-refractivity contribution in [1.82, 2.24) is 4.57 Å². The molecule has 1 N–H and O–H groups in total. The summed E-state index contributed by atoms with van der Waals surface area (Å²) >= 11 is 0. The summed E-state index contributed by atoms with van der Waals surface area (Å²) in [6, 6.07) is 4.62. The normalized spacial score (nSPS) is 12.3. The molecule has 0 unspecified atom stereocenters. The first kappa shape index (κ1) is 18.6. The summed E-state index contributed by atoms with van der Waals surface area (Å²) in [5.41, 5.74) is 1.87. The highest BCUT2D eigenvalue weighted by Gasteiger charge is 2.25. The van der Waals surface area contributed by atoms with Crippen LogP contribution in [0.4, 0.5) is 5.82 Å². The van der Waals surface area contributed by atoms with Crippen molar-refractivity contribution in [2.24, 2.45) is 0 Å². The summed E-state index contributed by atoms with van der Waals surface area (Å²) in [5, 5.41) is 13.2. The summed E-state index contributed by atoms with van der Waals surface area (Å²) in [4.78, 5) is 0. The summed E-state index contributed by atoms with van der Waals surface area (Å²) in [7, 11) is 0. The van der Waals surface area contributed by atoms with E-state index >= 15 is 0 Å². The largest absolute Gasteiger partial charge is 0.367 e. The quantitative estimate of drug-likeness (QED) is 0.710. The first-order valence-corrected chi connectivity index (χ1v) is 8.53. The predicted octanol–water partition coefficient (Wildman–Crippen LogP) is 5.45. The maximum atomic E-state index is 9.68. The Kier molecular flexibility index (Phi) is 6.11. The van der Waals surface area contributed by atoms with E-state index in [9.17, 15) is 5.26 Å². The molecule has 0 aliphatic carbocycles. The van der Waals surface area contributed by atoms with E-state index in [1.54, 1.807) is 0 Å². The van der Waals surface area contributed by atoms with Gasteiger partial charge in [0, 0.05) is 11.1 Å². The summed E-state index contributed by atoms with van der Waals surface area (Å²) in [6.45, 7) is 15.1. The van der Waals surface area contributed by atoms with Crippen molar-refractivity contribution in [3.63, 3.8) is 0 Å². The van der Waals surface area contributed by atoms with Crippen LogP contribution in [0.25, 0.3) is 0 Å². The Labute approximate surface area is 136 Å². The van der Waals surface area contributed by atoms with Gasteiger partial charge in [-0.25, -0.2) is 0 Å². The van der Waals surface area contributed by atoms with Crippen LogP contribution in [0.15, 0.2) is 6.07 Å². The third-order valence-corrected chi connectivity index (χ3v) is 3.66. The van der Waals surface area contributed by atoms with Crippen LogP contribution in [0.3, 0.4) is 0 Å². The molecule has 3 nitrogen and oxygen atoms in total. The van der Waals surface area contributed by atoms with Crippen LogP contribution in [0.5, 0.6) is 0 Å². The molecule has 0 bridgehead atoms. The van der Waals surface area contributed by atoms with Gasteiger partial charge in [-0.15, -0.1) is 0 Å². The molecule has 22 heavy (non-hydrogen) atoms. The molecule has 1 heterocycles. The Morgan fingerprint density at radius 3 is 2.18 bits per heavy atom. The second-order valence-electron chi connectivity index (χ2n) is 8.21. The molecule has 0 radical (unpaired) electrons. The molecule has 0 aliphatic heterocycles. The number of aryl methyl sites for hydroxylation is 1. The molecule has 0 saturated carbocycles. The molecular formula is C19H33N3. The highest BCUT2D eigenvalue weighted by Crippen LogP contribution is 2.31. The van der Waals surface area contributed by atoms with Gasteiger partial charge in [0.25, 0.3) is 0 Å². The number of anilines is 1.